The molecular weight excluding hydrogens is 506 g/mol. The van der Waals surface area contributed by atoms with Crippen LogP contribution in [0, 0.1) is 0 Å². The van der Waals surface area contributed by atoms with Crippen molar-refractivity contribution in [1.29, 1.82) is 0 Å². The van der Waals surface area contributed by atoms with Crippen molar-refractivity contribution in [3.63, 3.8) is 0 Å². The second kappa shape index (κ2) is 10.2. The van der Waals surface area contributed by atoms with Crippen LogP contribution in [-0.4, -0.2) is 47.3 Å². The van der Waals surface area contributed by atoms with Crippen LogP contribution in [0.4, 0.5) is 10.6 Å². The second-order valence-electron chi connectivity index (χ2n) is 10.6. The zero-order valence-corrected chi connectivity index (χ0v) is 22.3. The number of benzene rings is 3. The Kier molecular flexibility index (Phi) is 6.54. The first-order chi connectivity index (χ1) is 19.4. The Balaban J connectivity index is 1.42. The first kappa shape index (κ1) is 25.7. The lowest BCUT2D eigenvalue weighted by Crippen LogP contribution is -2.44. The number of piperidine rings is 1. The quantitative estimate of drug-likeness (QED) is 0.334. The summed E-state index contributed by atoms with van der Waals surface area (Å²) in [6.07, 6.45) is 3.38. The van der Waals surface area contributed by atoms with Gasteiger partial charge < -0.3 is 25.2 Å². The van der Waals surface area contributed by atoms with Crippen molar-refractivity contribution in [2.24, 2.45) is 0 Å². The molecular formula is C32H31N3O5. The number of likely N-dealkylation sites (tertiary alicyclic amines) is 1. The van der Waals surface area contributed by atoms with E-state index in [0.29, 0.717) is 30.2 Å². The third-order valence-electron chi connectivity index (χ3n) is 8.43. The van der Waals surface area contributed by atoms with Crippen LogP contribution < -0.4 is 10.5 Å². The number of hydrogen-bond donors (Lipinski definition) is 2. The van der Waals surface area contributed by atoms with Crippen molar-refractivity contribution in [1.82, 2.24) is 9.88 Å². The molecule has 8 nitrogen and oxygen atoms in total. The maximum atomic E-state index is 12.2. The number of carboxylic acid groups (broad SMARTS) is 1. The highest BCUT2D eigenvalue weighted by molar-refractivity contribution is 6.01. The Morgan fingerprint density at radius 1 is 1.05 bits per heavy atom. The van der Waals surface area contributed by atoms with E-state index in [1.165, 1.54) is 12.7 Å². The zero-order valence-electron chi connectivity index (χ0n) is 22.3. The van der Waals surface area contributed by atoms with Gasteiger partial charge in [-0.15, -0.1) is 0 Å². The molecule has 1 saturated heterocycles. The van der Waals surface area contributed by atoms with E-state index in [9.17, 15) is 14.7 Å². The lowest BCUT2D eigenvalue weighted by atomic mass is 9.73. The average Bonchev–Trinajstić information content (AvgIpc) is 3.25. The number of pyridine rings is 1. The number of carbonyl (C=O) groups is 2. The van der Waals surface area contributed by atoms with E-state index in [1.807, 2.05) is 36.4 Å². The summed E-state index contributed by atoms with van der Waals surface area (Å²) in [5, 5.41) is 11.4. The molecule has 2 heterocycles. The molecule has 40 heavy (non-hydrogen) atoms. The van der Waals surface area contributed by atoms with E-state index in [-0.39, 0.29) is 24.0 Å². The molecule has 3 aromatic carbocycles. The molecule has 1 atom stereocenters. The van der Waals surface area contributed by atoms with E-state index < -0.39 is 5.97 Å². The standard InChI is InChI=1S/C32H31N3O5/c1-39-31(38)35-15-12-32(13-16-35)19-28(40-27-8-3-2-5-21(27)18-29(36)37)25-17-20(9-10-26(25)32)22-6-4-7-24-23(22)11-14-34-30(24)33/h2-11,14,17,28H,12-13,15-16,18-19H2,1H3,(H2,33,34)(H,36,37)/t28-/m0/s1. The maximum Gasteiger partial charge on any atom is 0.409 e. The molecule has 204 valence electrons. The lowest BCUT2D eigenvalue weighted by Gasteiger charge is -2.39. The second-order valence-corrected chi connectivity index (χ2v) is 10.6. The summed E-state index contributed by atoms with van der Waals surface area (Å²) in [5.41, 5.74) is 11.1. The first-order valence-electron chi connectivity index (χ1n) is 13.5. The number of anilines is 1. The number of nitrogens with two attached hydrogens (primary N) is 1. The van der Waals surface area contributed by atoms with Gasteiger partial charge >= 0.3 is 12.1 Å². The van der Waals surface area contributed by atoms with Crippen LogP contribution in [0.3, 0.4) is 0 Å². The third-order valence-corrected chi connectivity index (χ3v) is 8.43. The van der Waals surface area contributed by atoms with Crippen molar-refractivity contribution in [2.75, 3.05) is 25.9 Å². The van der Waals surface area contributed by atoms with Gasteiger partial charge in [-0.3, -0.25) is 4.79 Å². The van der Waals surface area contributed by atoms with Gasteiger partial charge in [0.25, 0.3) is 0 Å². The molecule has 1 aliphatic heterocycles. The average molecular weight is 538 g/mol. The highest BCUT2D eigenvalue weighted by atomic mass is 16.5. The monoisotopic (exact) mass is 537 g/mol. The first-order valence-corrected chi connectivity index (χ1v) is 13.5. The van der Waals surface area contributed by atoms with Gasteiger partial charge in [-0.1, -0.05) is 48.5 Å². The molecule has 1 aliphatic carbocycles. The number of carboxylic acids is 1. The van der Waals surface area contributed by atoms with Crippen molar-refractivity contribution >= 4 is 28.7 Å². The van der Waals surface area contributed by atoms with E-state index in [0.717, 1.165) is 46.7 Å². The van der Waals surface area contributed by atoms with Crippen LogP contribution in [-0.2, 0) is 21.4 Å². The minimum Gasteiger partial charge on any atom is -0.485 e. The number of para-hydroxylation sites is 1. The Morgan fingerprint density at radius 2 is 1.85 bits per heavy atom. The third kappa shape index (κ3) is 4.49. The van der Waals surface area contributed by atoms with Gasteiger partial charge in [-0.05, 0) is 65.1 Å². The fourth-order valence-electron chi connectivity index (χ4n) is 6.44. The molecule has 6 rings (SSSR count). The number of ether oxygens (including phenoxy) is 2. The fourth-order valence-corrected chi connectivity index (χ4v) is 6.44. The minimum absolute atomic E-state index is 0.111. The van der Waals surface area contributed by atoms with Crippen molar-refractivity contribution < 1.29 is 24.2 Å². The summed E-state index contributed by atoms with van der Waals surface area (Å²) in [7, 11) is 1.41. The molecule has 8 heteroatoms. The molecule has 3 N–H and O–H groups in total. The zero-order chi connectivity index (χ0) is 27.9. The fraction of sp³-hybridized carbons (Fsp3) is 0.281. The summed E-state index contributed by atoms with van der Waals surface area (Å²) in [4.78, 5) is 29.7. The molecule has 1 spiro atoms. The number of carbonyl (C=O) groups excluding carboxylic acids is 1. The minimum atomic E-state index is -0.901. The molecule has 2 aliphatic rings. The number of aromatic nitrogens is 1. The number of methoxy groups -OCH3 is 1. The molecule has 0 bridgehead atoms. The van der Waals surface area contributed by atoms with Gasteiger partial charge in [0.2, 0.25) is 0 Å². The van der Waals surface area contributed by atoms with E-state index >= 15 is 0 Å². The van der Waals surface area contributed by atoms with Gasteiger partial charge in [-0.25, -0.2) is 9.78 Å². The Bertz CT molecular complexity index is 1610. The Hall–Kier alpha value is -4.59. The summed E-state index contributed by atoms with van der Waals surface area (Å²) in [5.74, 6) is 0.175. The van der Waals surface area contributed by atoms with Crippen LogP contribution in [0.15, 0.2) is 72.9 Å². The van der Waals surface area contributed by atoms with Crippen LogP contribution >= 0.6 is 0 Å². The highest BCUT2D eigenvalue weighted by Crippen LogP contribution is 2.53. The Morgan fingerprint density at radius 3 is 2.62 bits per heavy atom. The normalized spacial score (nSPS) is 17.5. The number of fused-ring (bicyclic) bond motifs is 3. The van der Waals surface area contributed by atoms with Crippen LogP contribution in [0.5, 0.6) is 5.75 Å². The predicted molar refractivity (Wildman–Crippen MR) is 152 cm³/mol. The van der Waals surface area contributed by atoms with Crippen LogP contribution in [0.25, 0.3) is 21.9 Å². The molecule has 1 aromatic heterocycles. The summed E-state index contributed by atoms with van der Waals surface area (Å²) < 4.78 is 11.6. The summed E-state index contributed by atoms with van der Waals surface area (Å²) in [6, 6.07) is 21.9. The number of hydrogen-bond acceptors (Lipinski definition) is 6. The molecule has 0 unspecified atom stereocenters. The number of nitrogens with zero attached hydrogens (tertiary/aromatic N) is 2. The van der Waals surface area contributed by atoms with Gasteiger partial charge in [0.15, 0.2) is 0 Å². The molecule has 0 radical (unpaired) electrons. The van der Waals surface area contributed by atoms with Crippen molar-refractivity contribution in [3.8, 4) is 16.9 Å². The summed E-state index contributed by atoms with van der Waals surface area (Å²) in [6.45, 7) is 1.21. The predicted octanol–water partition coefficient (Wildman–Crippen LogP) is 5.73. The van der Waals surface area contributed by atoms with Gasteiger partial charge in [-0.2, -0.15) is 0 Å². The number of nitrogen functional groups attached to an aromatic ring is 1. The van der Waals surface area contributed by atoms with Crippen LogP contribution in [0.2, 0.25) is 0 Å². The smallest absolute Gasteiger partial charge is 0.409 e. The maximum absolute atomic E-state index is 12.2. The number of rotatable bonds is 5. The largest absolute Gasteiger partial charge is 0.485 e. The molecule has 1 amide bonds. The van der Waals surface area contributed by atoms with E-state index in [1.54, 1.807) is 17.2 Å². The van der Waals surface area contributed by atoms with Crippen molar-refractivity contribution in [3.05, 3.63) is 89.6 Å². The topological polar surface area (TPSA) is 115 Å². The van der Waals surface area contributed by atoms with Gasteiger partial charge in [0.1, 0.15) is 17.7 Å². The van der Waals surface area contributed by atoms with Gasteiger partial charge in [0, 0.05) is 35.7 Å². The Labute approximate surface area is 232 Å². The number of amides is 1. The van der Waals surface area contributed by atoms with Gasteiger partial charge in [0.05, 0.1) is 13.5 Å². The molecule has 1 fully saturated rings. The molecule has 4 aromatic rings. The summed E-state index contributed by atoms with van der Waals surface area (Å²) >= 11 is 0. The highest BCUT2D eigenvalue weighted by Gasteiger charge is 2.47. The SMILES string of the molecule is COC(=O)N1CCC2(CC1)C[C@H](Oc1ccccc1CC(=O)O)c1cc(-c3cccc4c(N)nccc34)ccc12. The number of aliphatic carboxylic acids is 1. The van der Waals surface area contributed by atoms with Crippen LogP contribution in [0.1, 0.15) is 42.1 Å². The molecule has 0 saturated carbocycles. The van der Waals surface area contributed by atoms with E-state index in [2.05, 4.69) is 29.2 Å². The van der Waals surface area contributed by atoms with E-state index in [4.69, 9.17) is 15.2 Å². The lowest BCUT2D eigenvalue weighted by molar-refractivity contribution is -0.136. The van der Waals surface area contributed by atoms with Crippen molar-refractivity contribution in [2.45, 2.75) is 37.2 Å².